The van der Waals surface area contributed by atoms with Crippen LogP contribution in [0.2, 0.25) is 0 Å². The highest BCUT2D eigenvalue weighted by atomic mass is 16.3. The molecule has 5 heteroatoms. The van der Waals surface area contributed by atoms with Crippen LogP contribution in [0.3, 0.4) is 0 Å². The number of nitrogen functional groups attached to an aromatic ring is 1. The van der Waals surface area contributed by atoms with Crippen molar-refractivity contribution in [3.63, 3.8) is 0 Å². The lowest BCUT2D eigenvalue weighted by atomic mass is 10.3. The number of aryl methyl sites for hydroxylation is 1. The minimum Gasteiger partial charge on any atom is -0.397 e. The second-order valence-corrected chi connectivity index (χ2v) is 3.50. The van der Waals surface area contributed by atoms with E-state index in [1.807, 2.05) is 6.92 Å². The predicted octanol–water partition coefficient (Wildman–Crippen LogP) is 0.201. The lowest BCUT2D eigenvalue weighted by molar-refractivity contribution is 0.0915. The highest BCUT2D eigenvalue weighted by Gasteiger charge is 2.11. The Morgan fingerprint density at radius 2 is 2.40 bits per heavy atom. The van der Waals surface area contributed by atoms with Crippen molar-refractivity contribution < 1.29 is 9.90 Å². The number of hydrogen-bond donors (Lipinski definition) is 3. The van der Waals surface area contributed by atoms with Crippen LogP contribution in [0.1, 0.15) is 24.3 Å². The van der Waals surface area contributed by atoms with E-state index < -0.39 is 6.10 Å². The average Bonchev–Trinajstić information content (AvgIpc) is 2.56. The van der Waals surface area contributed by atoms with Gasteiger partial charge in [0.2, 0.25) is 0 Å². The summed E-state index contributed by atoms with van der Waals surface area (Å²) in [5.74, 6) is -0.213. The van der Waals surface area contributed by atoms with E-state index >= 15 is 0 Å². The van der Waals surface area contributed by atoms with E-state index in [1.165, 1.54) is 0 Å². The molecule has 0 radical (unpaired) electrons. The molecule has 1 unspecified atom stereocenters. The maximum atomic E-state index is 11.6. The number of amides is 1. The summed E-state index contributed by atoms with van der Waals surface area (Å²) in [6.07, 6.45) is 1.17. The van der Waals surface area contributed by atoms with Gasteiger partial charge in [0.1, 0.15) is 5.69 Å². The molecule has 15 heavy (non-hydrogen) atoms. The molecule has 1 rings (SSSR count). The Labute approximate surface area is 88.9 Å². The number of carbonyl (C=O) groups is 1. The van der Waals surface area contributed by atoms with Gasteiger partial charge < -0.3 is 20.7 Å². The molecule has 0 saturated carbocycles. The van der Waals surface area contributed by atoms with Crippen LogP contribution >= 0.6 is 0 Å². The van der Waals surface area contributed by atoms with Gasteiger partial charge in [-0.15, -0.1) is 0 Å². The van der Waals surface area contributed by atoms with Gasteiger partial charge >= 0.3 is 0 Å². The van der Waals surface area contributed by atoms with Crippen molar-refractivity contribution in [1.29, 1.82) is 0 Å². The molecule has 1 heterocycles. The van der Waals surface area contributed by atoms with Crippen LogP contribution in [-0.4, -0.2) is 28.2 Å². The molecule has 84 valence electrons. The second-order valence-electron chi connectivity index (χ2n) is 3.50. The third kappa shape index (κ3) is 2.99. The molecule has 0 bridgehead atoms. The van der Waals surface area contributed by atoms with E-state index in [1.54, 1.807) is 23.8 Å². The first-order valence-corrected chi connectivity index (χ1v) is 4.96. The molecule has 0 aromatic carbocycles. The summed E-state index contributed by atoms with van der Waals surface area (Å²) in [5.41, 5.74) is 6.69. The minimum atomic E-state index is -0.545. The third-order valence-electron chi connectivity index (χ3n) is 2.05. The zero-order chi connectivity index (χ0) is 11.4. The van der Waals surface area contributed by atoms with Gasteiger partial charge in [0.05, 0.1) is 11.8 Å². The first-order valence-electron chi connectivity index (χ1n) is 4.96. The number of anilines is 1. The van der Waals surface area contributed by atoms with Gasteiger partial charge in [-0.3, -0.25) is 4.79 Å². The van der Waals surface area contributed by atoms with Gasteiger partial charge in [-0.05, 0) is 19.9 Å². The zero-order valence-corrected chi connectivity index (χ0v) is 9.03. The fourth-order valence-electron chi connectivity index (χ4n) is 1.32. The van der Waals surface area contributed by atoms with E-state index in [4.69, 9.17) is 10.8 Å². The standard InChI is InChI=1S/C10H17N3O2/c1-3-13-6-8(11)4-9(13)10(15)12-5-7(2)14/h4,6-7,14H,3,5,11H2,1-2H3,(H,12,15). The van der Waals surface area contributed by atoms with Crippen LogP contribution in [0, 0.1) is 0 Å². The van der Waals surface area contributed by atoms with Gasteiger partial charge in [0, 0.05) is 19.3 Å². The van der Waals surface area contributed by atoms with Crippen LogP contribution in [-0.2, 0) is 6.54 Å². The van der Waals surface area contributed by atoms with Crippen molar-refractivity contribution in [2.75, 3.05) is 12.3 Å². The molecule has 0 aliphatic heterocycles. The molecule has 1 aromatic rings. The van der Waals surface area contributed by atoms with E-state index in [0.717, 1.165) is 0 Å². The SMILES string of the molecule is CCn1cc(N)cc1C(=O)NCC(C)O. The number of nitrogens with two attached hydrogens (primary N) is 1. The largest absolute Gasteiger partial charge is 0.397 e. The molecule has 1 aromatic heterocycles. The Balaban J connectivity index is 2.72. The lowest BCUT2D eigenvalue weighted by Gasteiger charge is -2.08. The Morgan fingerprint density at radius 1 is 1.73 bits per heavy atom. The van der Waals surface area contributed by atoms with Gasteiger partial charge in [0.25, 0.3) is 5.91 Å². The van der Waals surface area contributed by atoms with Crippen LogP contribution in [0.25, 0.3) is 0 Å². The van der Waals surface area contributed by atoms with Gasteiger partial charge in [0.15, 0.2) is 0 Å². The first kappa shape index (κ1) is 11.6. The van der Waals surface area contributed by atoms with E-state index in [9.17, 15) is 4.79 Å². The molecular weight excluding hydrogens is 194 g/mol. The first-order chi connectivity index (χ1) is 7.04. The van der Waals surface area contributed by atoms with Crippen molar-refractivity contribution in [2.24, 2.45) is 0 Å². The van der Waals surface area contributed by atoms with Gasteiger partial charge in [-0.1, -0.05) is 0 Å². The van der Waals surface area contributed by atoms with Crippen molar-refractivity contribution >= 4 is 11.6 Å². The minimum absolute atomic E-state index is 0.213. The highest BCUT2D eigenvalue weighted by Crippen LogP contribution is 2.10. The summed E-state index contributed by atoms with van der Waals surface area (Å²) < 4.78 is 1.77. The summed E-state index contributed by atoms with van der Waals surface area (Å²) in [7, 11) is 0. The maximum Gasteiger partial charge on any atom is 0.268 e. The molecule has 0 saturated heterocycles. The summed E-state index contributed by atoms with van der Waals surface area (Å²) in [4.78, 5) is 11.6. The Kier molecular flexibility index (Phi) is 3.74. The van der Waals surface area contributed by atoms with E-state index in [-0.39, 0.29) is 12.5 Å². The Morgan fingerprint density at radius 3 is 2.93 bits per heavy atom. The predicted molar refractivity (Wildman–Crippen MR) is 58.5 cm³/mol. The number of nitrogens with zero attached hydrogens (tertiary/aromatic N) is 1. The molecule has 0 fully saturated rings. The van der Waals surface area contributed by atoms with Crippen LogP contribution < -0.4 is 11.1 Å². The van der Waals surface area contributed by atoms with Crippen LogP contribution in [0.5, 0.6) is 0 Å². The fourth-order valence-corrected chi connectivity index (χ4v) is 1.32. The van der Waals surface area contributed by atoms with Gasteiger partial charge in [-0.2, -0.15) is 0 Å². The lowest BCUT2D eigenvalue weighted by Crippen LogP contribution is -2.31. The molecule has 4 N–H and O–H groups in total. The number of nitrogens with one attached hydrogen (secondary N) is 1. The average molecular weight is 211 g/mol. The second kappa shape index (κ2) is 4.84. The maximum absolute atomic E-state index is 11.6. The van der Waals surface area contributed by atoms with Crippen LogP contribution in [0.15, 0.2) is 12.3 Å². The Bertz CT molecular complexity index is 344. The number of rotatable bonds is 4. The van der Waals surface area contributed by atoms with Crippen molar-refractivity contribution in [3.8, 4) is 0 Å². The summed E-state index contributed by atoms with van der Waals surface area (Å²) in [5, 5.41) is 11.7. The number of aromatic nitrogens is 1. The van der Waals surface area contributed by atoms with E-state index in [2.05, 4.69) is 5.32 Å². The van der Waals surface area contributed by atoms with Crippen molar-refractivity contribution in [2.45, 2.75) is 26.5 Å². The number of carbonyl (C=O) groups excluding carboxylic acids is 1. The monoisotopic (exact) mass is 211 g/mol. The molecule has 0 spiro atoms. The van der Waals surface area contributed by atoms with Gasteiger partial charge in [-0.25, -0.2) is 0 Å². The fraction of sp³-hybridized carbons (Fsp3) is 0.500. The normalized spacial score (nSPS) is 12.5. The third-order valence-corrected chi connectivity index (χ3v) is 2.05. The number of hydrogen-bond acceptors (Lipinski definition) is 3. The van der Waals surface area contributed by atoms with E-state index in [0.29, 0.717) is 17.9 Å². The van der Waals surface area contributed by atoms with Crippen LogP contribution in [0.4, 0.5) is 5.69 Å². The number of aliphatic hydroxyl groups excluding tert-OH is 1. The van der Waals surface area contributed by atoms with Crippen molar-refractivity contribution in [1.82, 2.24) is 9.88 Å². The zero-order valence-electron chi connectivity index (χ0n) is 9.03. The summed E-state index contributed by atoms with van der Waals surface area (Å²) in [6.45, 7) is 4.49. The molecule has 0 aliphatic carbocycles. The smallest absolute Gasteiger partial charge is 0.268 e. The topological polar surface area (TPSA) is 80.3 Å². The van der Waals surface area contributed by atoms with Crippen molar-refractivity contribution in [3.05, 3.63) is 18.0 Å². The molecular formula is C10H17N3O2. The quantitative estimate of drug-likeness (QED) is 0.665. The molecule has 1 atom stereocenters. The summed E-state index contributed by atoms with van der Waals surface area (Å²) >= 11 is 0. The molecule has 0 aliphatic rings. The summed E-state index contributed by atoms with van der Waals surface area (Å²) in [6, 6.07) is 1.63. The molecule has 1 amide bonds. The molecule has 5 nitrogen and oxygen atoms in total. The number of aliphatic hydroxyl groups is 1. The Hall–Kier alpha value is -1.49. The highest BCUT2D eigenvalue weighted by molar-refractivity contribution is 5.93.